The first kappa shape index (κ1) is 30.2. The molecule has 0 saturated carbocycles. The van der Waals surface area contributed by atoms with Crippen molar-refractivity contribution in [1.29, 1.82) is 0 Å². The Balaban J connectivity index is 1.17. The lowest BCUT2D eigenvalue weighted by atomic mass is 9.90. The number of likely N-dealkylation sites (tertiary alicyclic amines) is 2. The number of rotatable bonds is 7. The van der Waals surface area contributed by atoms with Crippen LogP contribution in [0, 0.1) is 0 Å². The summed E-state index contributed by atoms with van der Waals surface area (Å²) in [5.41, 5.74) is 1.45. The lowest BCUT2D eigenvalue weighted by molar-refractivity contribution is -0.181. The number of ether oxygens (including phenoxy) is 2. The number of hydrogen-bond acceptors (Lipinski definition) is 6. The second kappa shape index (κ2) is 12.7. The summed E-state index contributed by atoms with van der Waals surface area (Å²) in [6.07, 6.45) is 3.91. The van der Waals surface area contributed by atoms with Crippen molar-refractivity contribution < 1.29 is 24.2 Å². The highest BCUT2D eigenvalue weighted by molar-refractivity contribution is 6.00. The maximum absolute atomic E-state index is 14.0. The number of aromatic nitrogens is 1. The van der Waals surface area contributed by atoms with Crippen LogP contribution >= 0.6 is 0 Å². The molecule has 3 aromatic rings. The lowest BCUT2D eigenvalue weighted by Gasteiger charge is -2.39. The van der Waals surface area contributed by atoms with Gasteiger partial charge in [0.05, 0.1) is 30.9 Å². The van der Waals surface area contributed by atoms with Crippen LogP contribution in [0.25, 0.3) is 11.1 Å². The highest BCUT2D eigenvalue weighted by Crippen LogP contribution is 2.33. The lowest BCUT2D eigenvalue weighted by Crippen LogP contribution is -2.50. The SMILES string of the molecule is CC(CC(=O)N1CCC(O)(Cn2cc(C(=O)N3CCC4(CC3)OCCO4)c(-c3ccccc3)cc2=O)CC1)c1ccccc1. The van der Waals surface area contributed by atoms with Crippen molar-refractivity contribution in [2.75, 3.05) is 39.4 Å². The van der Waals surface area contributed by atoms with Crippen molar-refractivity contribution in [3.8, 4) is 11.1 Å². The number of carbonyl (C=O) groups excluding carboxylic acids is 2. The van der Waals surface area contributed by atoms with Crippen molar-refractivity contribution in [3.63, 3.8) is 0 Å². The molecule has 2 aromatic carbocycles. The number of benzene rings is 2. The van der Waals surface area contributed by atoms with E-state index >= 15 is 0 Å². The van der Waals surface area contributed by atoms with Crippen molar-refractivity contribution in [2.24, 2.45) is 0 Å². The van der Waals surface area contributed by atoms with E-state index in [0.717, 1.165) is 11.1 Å². The Morgan fingerprint density at radius 2 is 1.45 bits per heavy atom. The second-order valence-corrected chi connectivity index (χ2v) is 12.5. The quantitative estimate of drug-likeness (QED) is 0.440. The highest BCUT2D eigenvalue weighted by atomic mass is 16.7. The number of nitrogens with zero attached hydrogens (tertiary/aromatic N) is 3. The molecule has 1 unspecified atom stereocenters. The molecule has 44 heavy (non-hydrogen) atoms. The minimum absolute atomic E-state index is 0.0500. The van der Waals surface area contributed by atoms with Crippen LogP contribution < -0.4 is 5.56 Å². The van der Waals surface area contributed by atoms with Crippen LogP contribution in [0.15, 0.2) is 77.7 Å². The van der Waals surface area contributed by atoms with E-state index in [9.17, 15) is 19.5 Å². The third kappa shape index (κ3) is 6.50. The van der Waals surface area contributed by atoms with Gasteiger partial charge >= 0.3 is 0 Å². The number of piperidine rings is 2. The van der Waals surface area contributed by atoms with Gasteiger partial charge in [-0.3, -0.25) is 14.4 Å². The molecule has 4 heterocycles. The van der Waals surface area contributed by atoms with Gasteiger partial charge in [-0.15, -0.1) is 0 Å². The molecule has 3 aliphatic heterocycles. The fourth-order valence-electron chi connectivity index (χ4n) is 6.67. The number of aliphatic hydroxyl groups is 1. The van der Waals surface area contributed by atoms with E-state index in [-0.39, 0.29) is 29.8 Å². The molecule has 1 spiro atoms. The molecule has 1 aromatic heterocycles. The number of carbonyl (C=O) groups is 2. The molecule has 2 amide bonds. The monoisotopic (exact) mass is 599 g/mol. The van der Waals surface area contributed by atoms with Crippen molar-refractivity contribution in [1.82, 2.24) is 14.4 Å². The normalized spacial score (nSPS) is 20.0. The van der Waals surface area contributed by atoms with Gasteiger partial charge < -0.3 is 28.9 Å². The number of pyridine rings is 1. The Bertz CT molecular complexity index is 1520. The molecule has 3 aliphatic rings. The Kier molecular flexibility index (Phi) is 8.71. The average Bonchev–Trinajstić information content (AvgIpc) is 3.50. The van der Waals surface area contributed by atoms with Gasteiger partial charge in [-0.05, 0) is 29.9 Å². The van der Waals surface area contributed by atoms with Crippen LogP contribution in [-0.2, 0) is 20.8 Å². The summed E-state index contributed by atoms with van der Waals surface area (Å²) in [4.78, 5) is 44.0. The topological polar surface area (TPSA) is 101 Å². The van der Waals surface area contributed by atoms with Crippen LogP contribution in [0.2, 0.25) is 0 Å². The van der Waals surface area contributed by atoms with Gasteiger partial charge in [0.2, 0.25) is 5.91 Å². The highest BCUT2D eigenvalue weighted by Gasteiger charge is 2.41. The Morgan fingerprint density at radius 3 is 2.09 bits per heavy atom. The van der Waals surface area contributed by atoms with Gasteiger partial charge in [0.15, 0.2) is 5.79 Å². The molecule has 9 heteroatoms. The summed E-state index contributed by atoms with van der Waals surface area (Å²) in [7, 11) is 0. The molecule has 0 bridgehead atoms. The first-order chi connectivity index (χ1) is 21.2. The molecule has 3 saturated heterocycles. The van der Waals surface area contributed by atoms with Crippen LogP contribution in [0.3, 0.4) is 0 Å². The first-order valence-corrected chi connectivity index (χ1v) is 15.7. The summed E-state index contributed by atoms with van der Waals surface area (Å²) in [5, 5.41) is 11.6. The minimum Gasteiger partial charge on any atom is -0.388 e. The van der Waals surface area contributed by atoms with E-state index < -0.39 is 11.4 Å². The Labute approximate surface area is 258 Å². The predicted molar refractivity (Wildman–Crippen MR) is 166 cm³/mol. The molecule has 0 aliphatic carbocycles. The van der Waals surface area contributed by atoms with Crippen molar-refractivity contribution >= 4 is 11.8 Å². The molecule has 6 rings (SSSR count). The zero-order valence-corrected chi connectivity index (χ0v) is 25.3. The summed E-state index contributed by atoms with van der Waals surface area (Å²) in [5.74, 6) is -0.592. The van der Waals surface area contributed by atoms with E-state index in [4.69, 9.17) is 9.47 Å². The maximum Gasteiger partial charge on any atom is 0.255 e. The van der Waals surface area contributed by atoms with Crippen molar-refractivity contribution in [2.45, 2.75) is 62.9 Å². The van der Waals surface area contributed by atoms with Crippen LogP contribution in [0.5, 0.6) is 0 Å². The van der Waals surface area contributed by atoms with Gasteiger partial charge in [0.1, 0.15) is 0 Å². The second-order valence-electron chi connectivity index (χ2n) is 12.5. The largest absolute Gasteiger partial charge is 0.388 e. The summed E-state index contributed by atoms with van der Waals surface area (Å²) in [6, 6.07) is 20.9. The van der Waals surface area contributed by atoms with Gasteiger partial charge in [0.25, 0.3) is 11.5 Å². The number of hydrogen-bond donors (Lipinski definition) is 1. The Hall–Kier alpha value is -3.79. The molecule has 232 valence electrons. The molecule has 9 nitrogen and oxygen atoms in total. The average molecular weight is 600 g/mol. The summed E-state index contributed by atoms with van der Waals surface area (Å²) in [6.45, 7) is 5.05. The fraction of sp³-hybridized carbons (Fsp3) is 0.457. The molecule has 1 atom stereocenters. The zero-order valence-electron chi connectivity index (χ0n) is 25.3. The molecular formula is C35H41N3O6. The molecule has 1 N–H and O–H groups in total. The third-order valence-electron chi connectivity index (χ3n) is 9.43. The third-order valence-corrected chi connectivity index (χ3v) is 9.43. The van der Waals surface area contributed by atoms with Gasteiger partial charge in [-0.25, -0.2) is 0 Å². The number of amides is 2. The van der Waals surface area contributed by atoms with Crippen LogP contribution in [0.4, 0.5) is 0 Å². The van der Waals surface area contributed by atoms with E-state index in [1.807, 2.05) is 65.6 Å². The maximum atomic E-state index is 14.0. The van der Waals surface area contributed by atoms with E-state index in [0.29, 0.717) is 82.6 Å². The van der Waals surface area contributed by atoms with Crippen molar-refractivity contribution in [3.05, 3.63) is 94.4 Å². The van der Waals surface area contributed by atoms with Gasteiger partial charge in [-0.2, -0.15) is 0 Å². The molecule has 3 fully saturated rings. The van der Waals surface area contributed by atoms with Crippen LogP contribution in [-0.4, -0.2) is 82.1 Å². The minimum atomic E-state index is -1.17. The standard InChI is InChI=1S/C35H41N3O6/c1-26(27-8-4-2-5-9-27)22-31(39)36-16-12-34(42,13-17-36)25-38-24-30(29(23-32(38)40)28-10-6-3-7-11-28)33(41)37-18-14-35(15-19-37)43-20-21-44-35/h2-11,23-24,26,42H,12-22,25H2,1H3. The van der Waals surface area contributed by atoms with E-state index in [1.54, 1.807) is 11.1 Å². The smallest absolute Gasteiger partial charge is 0.255 e. The van der Waals surface area contributed by atoms with E-state index in [2.05, 4.69) is 6.92 Å². The van der Waals surface area contributed by atoms with E-state index in [1.165, 1.54) is 10.6 Å². The fourth-order valence-corrected chi connectivity index (χ4v) is 6.67. The summed E-state index contributed by atoms with van der Waals surface area (Å²) < 4.78 is 13.1. The van der Waals surface area contributed by atoms with Gasteiger partial charge in [-0.1, -0.05) is 67.6 Å². The zero-order chi connectivity index (χ0) is 30.7. The molecular weight excluding hydrogens is 558 g/mol. The Morgan fingerprint density at radius 1 is 0.864 bits per heavy atom. The van der Waals surface area contributed by atoms with Gasteiger partial charge in [0, 0.05) is 63.3 Å². The summed E-state index contributed by atoms with van der Waals surface area (Å²) >= 11 is 0. The molecule has 0 radical (unpaired) electrons. The predicted octanol–water partition coefficient (Wildman–Crippen LogP) is 4.04. The van der Waals surface area contributed by atoms with Crippen LogP contribution in [0.1, 0.15) is 60.9 Å². The first-order valence-electron chi connectivity index (χ1n) is 15.7.